The lowest BCUT2D eigenvalue weighted by atomic mass is 9.92. The zero-order chi connectivity index (χ0) is 21.9. The first-order chi connectivity index (χ1) is 15.8. The van der Waals surface area contributed by atoms with Crippen LogP contribution in [0.15, 0.2) is 91.3 Å². The number of benzene rings is 2. The summed E-state index contributed by atoms with van der Waals surface area (Å²) in [6, 6.07) is 14.8. The zero-order valence-electron chi connectivity index (χ0n) is 18.5. The molecular formula is C29H26N2S. The van der Waals surface area contributed by atoms with Crippen LogP contribution in [0.2, 0.25) is 0 Å². The maximum absolute atomic E-state index is 4.73. The molecule has 2 aromatic carbocycles. The van der Waals surface area contributed by atoms with Crippen LogP contribution >= 0.6 is 11.3 Å². The first kappa shape index (κ1) is 20.6. The molecule has 1 aliphatic carbocycles. The van der Waals surface area contributed by atoms with Gasteiger partial charge in [0.05, 0.1) is 11.2 Å². The molecule has 0 radical (unpaired) electrons. The maximum atomic E-state index is 4.73. The summed E-state index contributed by atoms with van der Waals surface area (Å²) in [5.74, 6) is 0.299. The van der Waals surface area contributed by atoms with E-state index in [1.54, 1.807) is 6.33 Å². The number of nitrogens with zero attached hydrogens (tertiary/aromatic N) is 2. The fourth-order valence-electron chi connectivity index (χ4n) is 4.42. The van der Waals surface area contributed by atoms with Gasteiger partial charge in [0.15, 0.2) is 0 Å². The highest BCUT2D eigenvalue weighted by molar-refractivity contribution is 7.21. The van der Waals surface area contributed by atoms with Crippen LogP contribution < -0.4 is 0 Å². The summed E-state index contributed by atoms with van der Waals surface area (Å²) in [7, 11) is 0. The highest BCUT2D eigenvalue weighted by atomic mass is 32.1. The van der Waals surface area contributed by atoms with E-state index in [0.29, 0.717) is 5.92 Å². The third-order valence-corrected chi connectivity index (χ3v) is 7.25. The second kappa shape index (κ2) is 9.05. The number of hydrogen-bond acceptors (Lipinski definition) is 3. The molecule has 32 heavy (non-hydrogen) atoms. The average molecular weight is 435 g/mol. The smallest absolute Gasteiger partial charge is 0.116 e. The van der Waals surface area contributed by atoms with Gasteiger partial charge in [0, 0.05) is 26.4 Å². The standard InChI is InChI=1S/C29H26N2S/c1-3-4-7-12-20(2)25-23-17-18-24-26(27(31-19-30-24)21-13-8-5-9-14-21)29(23)32-28(25)22-15-10-6-11-16-22/h3-5,7-10,12-20H,6,11H2,1-2H3/b4-3-,12-7-. The first-order valence-electron chi connectivity index (χ1n) is 11.2. The molecule has 2 heterocycles. The minimum Gasteiger partial charge on any atom is -0.236 e. The molecule has 1 aliphatic rings. The molecular weight excluding hydrogens is 408 g/mol. The summed E-state index contributed by atoms with van der Waals surface area (Å²) in [6.45, 7) is 4.34. The Morgan fingerprint density at radius 2 is 1.88 bits per heavy atom. The van der Waals surface area contributed by atoms with Crippen molar-refractivity contribution in [3.8, 4) is 11.3 Å². The second-order valence-corrected chi connectivity index (χ2v) is 9.13. The molecule has 0 spiro atoms. The summed E-state index contributed by atoms with van der Waals surface area (Å²) < 4.78 is 1.28. The number of thiophene rings is 1. The molecule has 1 unspecified atom stereocenters. The largest absolute Gasteiger partial charge is 0.236 e. The van der Waals surface area contributed by atoms with E-state index in [2.05, 4.69) is 97.8 Å². The average Bonchev–Trinajstić information content (AvgIpc) is 3.25. The molecule has 1 atom stereocenters. The van der Waals surface area contributed by atoms with Crippen LogP contribution in [-0.2, 0) is 0 Å². The van der Waals surface area contributed by atoms with Gasteiger partial charge in [-0.2, -0.15) is 0 Å². The van der Waals surface area contributed by atoms with E-state index in [1.165, 1.54) is 26.1 Å². The summed E-state index contributed by atoms with van der Waals surface area (Å²) in [4.78, 5) is 10.7. The normalized spacial score (nSPS) is 15.2. The van der Waals surface area contributed by atoms with E-state index in [-0.39, 0.29) is 0 Å². The monoisotopic (exact) mass is 434 g/mol. The third kappa shape index (κ3) is 3.74. The lowest BCUT2D eigenvalue weighted by molar-refractivity contribution is 0.979. The molecule has 0 fully saturated rings. The Morgan fingerprint density at radius 3 is 2.66 bits per heavy atom. The van der Waals surface area contributed by atoms with Gasteiger partial charge in [-0.05, 0) is 42.4 Å². The van der Waals surface area contributed by atoms with Gasteiger partial charge in [0.25, 0.3) is 0 Å². The van der Waals surface area contributed by atoms with Crippen LogP contribution in [0.4, 0.5) is 0 Å². The van der Waals surface area contributed by atoms with Gasteiger partial charge in [-0.3, -0.25) is 0 Å². The Bertz CT molecular complexity index is 1390. The van der Waals surface area contributed by atoms with E-state index in [1.807, 2.05) is 17.4 Å². The fraction of sp³-hybridized carbons (Fsp3) is 0.172. The molecule has 4 aromatic rings. The number of rotatable bonds is 5. The van der Waals surface area contributed by atoms with Gasteiger partial charge in [0.2, 0.25) is 0 Å². The van der Waals surface area contributed by atoms with Gasteiger partial charge in [-0.25, -0.2) is 9.97 Å². The lowest BCUT2D eigenvalue weighted by Crippen LogP contribution is -1.94. The Kier molecular flexibility index (Phi) is 5.83. The van der Waals surface area contributed by atoms with E-state index in [9.17, 15) is 0 Å². The molecule has 0 saturated heterocycles. The van der Waals surface area contributed by atoms with Crippen molar-refractivity contribution in [2.45, 2.75) is 32.6 Å². The molecule has 3 heteroatoms. The van der Waals surface area contributed by atoms with Gasteiger partial charge < -0.3 is 0 Å². The van der Waals surface area contributed by atoms with Crippen molar-refractivity contribution in [2.24, 2.45) is 0 Å². The minimum absolute atomic E-state index is 0.299. The van der Waals surface area contributed by atoms with Crippen LogP contribution in [0.3, 0.4) is 0 Å². The number of allylic oxidation sites excluding steroid dienone is 8. The molecule has 158 valence electrons. The highest BCUT2D eigenvalue weighted by Gasteiger charge is 2.22. The first-order valence-corrected chi connectivity index (χ1v) is 12.0. The van der Waals surface area contributed by atoms with Crippen LogP contribution in [0, 0.1) is 0 Å². The zero-order valence-corrected chi connectivity index (χ0v) is 19.3. The molecule has 2 aromatic heterocycles. The molecule has 0 bridgehead atoms. The predicted molar refractivity (Wildman–Crippen MR) is 139 cm³/mol. The molecule has 2 nitrogen and oxygen atoms in total. The van der Waals surface area contributed by atoms with Crippen molar-refractivity contribution >= 4 is 37.9 Å². The number of fused-ring (bicyclic) bond motifs is 3. The summed E-state index contributed by atoms with van der Waals surface area (Å²) in [6.07, 6.45) is 19.5. The number of hydrogen-bond donors (Lipinski definition) is 0. The molecule has 0 N–H and O–H groups in total. The Morgan fingerprint density at radius 1 is 1.00 bits per heavy atom. The SMILES string of the molecule is C/C=C\C=C/C(C)c1c(C2=CCCC=C2)sc2c1ccc1ncnc(-c3ccccc3)c12. The van der Waals surface area contributed by atoms with Crippen LogP contribution in [0.1, 0.15) is 43.0 Å². The van der Waals surface area contributed by atoms with Crippen molar-refractivity contribution in [1.29, 1.82) is 0 Å². The van der Waals surface area contributed by atoms with Crippen molar-refractivity contribution in [3.05, 3.63) is 102 Å². The summed E-state index contributed by atoms with van der Waals surface area (Å²) in [5, 5.41) is 2.46. The van der Waals surface area contributed by atoms with Crippen LogP contribution in [-0.4, -0.2) is 9.97 Å². The highest BCUT2D eigenvalue weighted by Crippen LogP contribution is 2.45. The van der Waals surface area contributed by atoms with Gasteiger partial charge >= 0.3 is 0 Å². The van der Waals surface area contributed by atoms with E-state index in [0.717, 1.165) is 35.0 Å². The van der Waals surface area contributed by atoms with Gasteiger partial charge in [0.1, 0.15) is 6.33 Å². The van der Waals surface area contributed by atoms with Crippen LogP contribution in [0.25, 0.3) is 37.8 Å². The topological polar surface area (TPSA) is 25.8 Å². The van der Waals surface area contributed by atoms with Crippen molar-refractivity contribution in [2.75, 3.05) is 0 Å². The second-order valence-electron chi connectivity index (χ2n) is 8.11. The Labute approximate surface area is 193 Å². The minimum atomic E-state index is 0.299. The van der Waals surface area contributed by atoms with E-state index in [4.69, 9.17) is 4.98 Å². The van der Waals surface area contributed by atoms with Gasteiger partial charge in [-0.15, -0.1) is 11.3 Å². The van der Waals surface area contributed by atoms with Crippen molar-refractivity contribution in [3.63, 3.8) is 0 Å². The Hall–Kier alpha value is -3.30. The quantitative estimate of drug-likeness (QED) is 0.294. The van der Waals surface area contributed by atoms with Crippen LogP contribution in [0.5, 0.6) is 0 Å². The van der Waals surface area contributed by atoms with Crippen molar-refractivity contribution in [1.82, 2.24) is 9.97 Å². The number of aromatic nitrogens is 2. The van der Waals surface area contributed by atoms with Gasteiger partial charge in [-0.1, -0.05) is 85.9 Å². The van der Waals surface area contributed by atoms with E-state index < -0.39 is 0 Å². The summed E-state index contributed by atoms with van der Waals surface area (Å²) in [5.41, 5.74) is 5.86. The van der Waals surface area contributed by atoms with Crippen molar-refractivity contribution < 1.29 is 0 Å². The maximum Gasteiger partial charge on any atom is 0.116 e. The summed E-state index contributed by atoms with van der Waals surface area (Å²) >= 11 is 1.88. The third-order valence-electron chi connectivity index (χ3n) is 5.96. The predicted octanol–water partition coefficient (Wildman–Crippen LogP) is 8.48. The molecule has 0 amide bonds. The fourth-order valence-corrected chi connectivity index (χ4v) is 5.89. The molecule has 0 saturated carbocycles. The lowest BCUT2D eigenvalue weighted by Gasteiger charge is -2.12. The molecule has 5 rings (SSSR count). The van der Waals surface area contributed by atoms with E-state index >= 15 is 0 Å². The Balaban J connectivity index is 1.82. The molecule has 0 aliphatic heterocycles.